The molecule has 1 aliphatic carbocycles. The fraction of sp³-hybridized carbons (Fsp3) is 0.455. The smallest absolute Gasteiger partial charge is 0.118 e. The second-order valence-corrected chi connectivity index (χ2v) is 3.27. The zero-order valence-electron chi connectivity index (χ0n) is 8.34. The molecule has 0 saturated carbocycles. The molecule has 0 heterocycles. The molecule has 1 rings (SSSR count). The lowest BCUT2D eigenvalue weighted by Crippen LogP contribution is -2.08. The average molecular weight is 179 g/mol. The lowest BCUT2D eigenvalue weighted by atomic mass is 10.2. The molecule has 0 spiro atoms. The summed E-state index contributed by atoms with van der Waals surface area (Å²) < 4.78 is 5.51. The van der Waals surface area contributed by atoms with E-state index in [-0.39, 0.29) is 0 Å². The molecule has 0 aromatic rings. The van der Waals surface area contributed by atoms with E-state index in [2.05, 4.69) is 26.0 Å². The van der Waals surface area contributed by atoms with E-state index in [0.717, 1.165) is 12.2 Å². The van der Waals surface area contributed by atoms with Gasteiger partial charge in [0.25, 0.3) is 0 Å². The van der Waals surface area contributed by atoms with E-state index in [1.54, 1.807) is 0 Å². The van der Waals surface area contributed by atoms with Crippen LogP contribution in [-0.2, 0) is 4.74 Å². The highest BCUT2D eigenvalue weighted by atomic mass is 16.5. The zero-order chi connectivity index (χ0) is 9.68. The van der Waals surface area contributed by atoms with Crippen molar-refractivity contribution in [1.29, 1.82) is 0 Å². The molecule has 0 aromatic heterocycles. The summed E-state index contributed by atoms with van der Waals surface area (Å²) in [6.45, 7) is 5.34. The predicted octanol–water partition coefficient (Wildman–Crippen LogP) is 2.14. The molecule has 0 unspecified atom stereocenters. The van der Waals surface area contributed by atoms with Crippen molar-refractivity contribution in [2.75, 3.05) is 13.2 Å². The second-order valence-electron chi connectivity index (χ2n) is 3.27. The summed E-state index contributed by atoms with van der Waals surface area (Å²) in [6.07, 6.45) is 7.26. The van der Waals surface area contributed by atoms with Gasteiger partial charge in [0.05, 0.1) is 0 Å². The van der Waals surface area contributed by atoms with Crippen molar-refractivity contribution >= 4 is 0 Å². The number of rotatable bonds is 3. The number of ether oxygens (including phenoxy) is 1. The van der Waals surface area contributed by atoms with Gasteiger partial charge in [-0.15, -0.1) is 0 Å². The first-order valence-corrected chi connectivity index (χ1v) is 4.61. The standard InChI is InChI=1S/C11H17NO/c1-9-3-5-10(2)11(6-4-9)13-8-7-12/h3-4,6H,5,7-8,12H2,1-2H3. The van der Waals surface area contributed by atoms with Gasteiger partial charge in [-0.05, 0) is 31.9 Å². The maximum atomic E-state index is 5.51. The summed E-state index contributed by atoms with van der Waals surface area (Å²) >= 11 is 0. The fourth-order valence-electron chi connectivity index (χ4n) is 1.17. The van der Waals surface area contributed by atoms with E-state index in [1.807, 2.05) is 6.08 Å². The highest BCUT2D eigenvalue weighted by Crippen LogP contribution is 2.17. The molecule has 1 aliphatic rings. The topological polar surface area (TPSA) is 35.2 Å². The minimum Gasteiger partial charge on any atom is -0.492 e. The third-order valence-electron chi connectivity index (χ3n) is 2.02. The maximum Gasteiger partial charge on any atom is 0.118 e. The molecular weight excluding hydrogens is 162 g/mol. The maximum absolute atomic E-state index is 5.51. The van der Waals surface area contributed by atoms with Crippen LogP contribution in [0.3, 0.4) is 0 Å². The third-order valence-corrected chi connectivity index (χ3v) is 2.02. The highest BCUT2D eigenvalue weighted by Gasteiger charge is 2.02. The Morgan fingerprint density at radius 1 is 1.38 bits per heavy atom. The first-order valence-electron chi connectivity index (χ1n) is 4.61. The largest absolute Gasteiger partial charge is 0.492 e. The monoisotopic (exact) mass is 179 g/mol. The molecule has 2 nitrogen and oxygen atoms in total. The van der Waals surface area contributed by atoms with Gasteiger partial charge in [0.15, 0.2) is 0 Å². The van der Waals surface area contributed by atoms with Gasteiger partial charge in [0.2, 0.25) is 0 Å². The van der Waals surface area contributed by atoms with E-state index < -0.39 is 0 Å². The molecule has 2 heteroatoms. The molecule has 0 atom stereocenters. The lowest BCUT2D eigenvalue weighted by Gasteiger charge is -2.07. The Morgan fingerprint density at radius 3 is 2.85 bits per heavy atom. The zero-order valence-corrected chi connectivity index (χ0v) is 8.34. The quantitative estimate of drug-likeness (QED) is 0.720. The summed E-state index contributed by atoms with van der Waals surface area (Å²) in [5.74, 6) is 0.971. The third kappa shape index (κ3) is 3.07. The van der Waals surface area contributed by atoms with Crippen molar-refractivity contribution in [3.63, 3.8) is 0 Å². The van der Waals surface area contributed by atoms with Crippen LogP contribution >= 0.6 is 0 Å². The average Bonchev–Trinajstić information content (AvgIpc) is 2.28. The number of allylic oxidation sites excluding steroid dienone is 5. The van der Waals surface area contributed by atoms with Gasteiger partial charge in [0.1, 0.15) is 12.4 Å². The summed E-state index contributed by atoms with van der Waals surface area (Å²) in [7, 11) is 0. The molecule has 13 heavy (non-hydrogen) atoms. The van der Waals surface area contributed by atoms with Crippen molar-refractivity contribution in [2.24, 2.45) is 5.73 Å². The molecule has 0 fully saturated rings. The molecular formula is C11H17NO. The molecule has 0 amide bonds. The number of hydrogen-bond acceptors (Lipinski definition) is 2. The van der Waals surface area contributed by atoms with Crippen LogP contribution in [0.4, 0.5) is 0 Å². The Labute approximate surface area is 79.8 Å². The van der Waals surface area contributed by atoms with Crippen molar-refractivity contribution in [3.8, 4) is 0 Å². The summed E-state index contributed by atoms with van der Waals surface area (Å²) in [4.78, 5) is 0. The van der Waals surface area contributed by atoms with Crippen molar-refractivity contribution < 1.29 is 4.74 Å². The molecule has 0 bridgehead atoms. The molecule has 2 N–H and O–H groups in total. The molecule has 72 valence electrons. The molecule has 0 aliphatic heterocycles. The number of nitrogens with two attached hydrogens (primary N) is 1. The Morgan fingerprint density at radius 2 is 2.15 bits per heavy atom. The van der Waals surface area contributed by atoms with Crippen LogP contribution in [0, 0.1) is 0 Å². The van der Waals surface area contributed by atoms with Crippen LogP contribution in [0.1, 0.15) is 20.3 Å². The van der Waals surface area contributed by atoms with E-state index in [0.29, 0.717) is 13.2 Å². The first kappa shape index (κ1) is 10.1. The van der Waals surface area contributed by atoms with Gasteiger partial charge in [-0.25, -0.2) is 0 Å². The summed E-state index contributed by atoms with van der Waals surface area (Å²) in [6, 6.07) is 0. The first-order chi connectivity index (χ1) is 6.24. The normalized spacial score (nSPS) is 17.0. The van der Waals surface area contributed by atoms with Crippen LogP contribution in [-0.4, -0.2) is 13.2 Å². The van der Waals surface area contributed by atoms with Gasteiger partial charge in [0, 0.05) is 6.54 Å². The van der Waals surface area contributed by atoms with E-state index >= 15 is 0 Å². The SMILES string of the molecule is CC1=CCC(C)=C(OCCN)C=C1. The van der Waals surface area contributed by atoms with Gasteiger partial charge in [-0.2, -0.15) is 0 Å². The molecule has 0 saturated heterocycles. The summed E-state index contributed by atoms with van der Waals surface area (Å²) in [5, 5.41) is 0. The van der Waals surface area contributed by atoms with Crippen molar-refractivity contribution in [2.45, 2.75) is 20.3 Å². The molecule has 0 radical (unpaired) electrons. The lowest BCUT2D eigenvalue weighted by molar-refractivity contribution is 0.230. The molecule has 0 aromatic carbocycles. The second kappa shape index (κ2) is 4.87. The van der Waals surface area contributed by atoms with Crippen LogP contribution in [0.25, 0.3) is 0 Å². The van der Waals surface area contributed by atoms with E-state index in [4.69, 9.17) is 10.5 Å². The minimum atomic E-state index is 0.566. The Bertz CT molecular complexity index is 261. The van der Waals surface area contributed by atoms with E-state index in [9.17, 15) is 0 Å². The number of hydrogen-bond donors (Lipinski definition) is 1. The van der Waals surface area contributed by atoms with Gasteiger partial charge in [-0.3, -0.25) is 0 Å². The highest BCUT2D eigenvalue weighted by molar-refractivity contribution is 5.31. The van der Waals surface area contributed by atoms with Crippen LogP contribution in [0.5, 0.6) is 0 Å². The van der Waals surface area contributed by atoms with Gasteiger partial charge >= 0.3 is 0 Å². The Hall–Kier alpha value is -1.02. The Kier molecular flexibility index (Phi) is 3.77. The van der Waals surface area contributed by atoms with Crippen LogP contribution < -0.4 is 5.73 Å². The van der Waals surface area contributed by atoms with Crippen LogP contribution in [0.2, 0.25) is 0 Å². The fourth-order valence-corrected chi connectivity index (χ4v) is 1.17. The Balaban J connectivity index is 2.66. The summed E-state index contributed by atoms with van der Waals surface area (Å²) in [5.41, 5.74) is 7.92. The van der Waals surface area contributed by atoms with Crippen LogP contribution in [0.15, 0.2) is 35.1 Å². The van der Waals surface area contributed by atoms with Gasteiger partial charge in [-0.1, -0.05) is 17.7 Å². The van der Waals surface area contributed by atoms with E-state index in [1.165, 1.54) is 11.1 Å². The predicted molar refractivity (Wildman–Crippen MR) is 55.2 cm³/mol. The van der Waals surface area contributed by atoms with Crippen molar-refractivity contribution in [1.82, 2.24) is 0 Å². The minimum absolute atomic E-state index is 0.566. The van der Waals surface area contributed by atoms with Gasteiger partial charge < -0.3 is 10.5 Å². The van der Waals surface area contributed by atoms with Crippen molar-refractivity contribution in [3.05, 3.63) is 35.1 Å².